The van der Waals surface area contributed by atoms with Crippen LogP contribution in [0.15, 0.2) is 36.4 Å². The Morgan fingerprint density at radius 3 is 2.44 bits per heavy atom. The number of benzene rings is 2. The maximum Gasteiger partial charge on any atom is 0.125 e. The average Bonchev–Trinajstić information content (AvgIpc) is 2.36. The van der Waals surface area contributed by atoms with Crippen LogP contribution in [0.5, 0.6) is 5.75 Å². The van der Waals surface area contributed by atoms with Gasteiger partial charge in [0.2, 0.25) is 0 Å². The molecule has 0 fully saturated rings. The fourth-order valence-corrected chi connectivity index (χ4v) is 1.99. The van der Waals surface area contributed by atoms with E-state index in [4.69, 9.17) is 9.47 Å². The van der Waals surface area contributed by atoms with E-state index in [2.05, 4.69) is 18.2 Å². The van der Waals surface area contributed by atoms with Gasteiger partial charge >= 0.3 is 0 Å². The highest BCUT2D eigenvalue weighted by atomic mass is 16.5. The van der Waals surface area contributed by atoms with Crippen LogP contribution in [0.1, 0.15) is 18.6 Å². The quantitative estimate of drug-likeness (QED) is 0.781. The summed E-state index contributed by atoms with van der Waals surface area (Å²) in [4.78, 5) is 0. The van der Waals surface area contributed by atoms with Crippen molar-refractivity contribution in [3.63, 3.8) is 0 Å². The van der Waals surface area contributed by atoms with Gasteiger partial charge in [0.1, 0.15) is 5.75 Å². The second-order valence-electron chi connectivity index (χ2n) is 3.78. The SMILES string of the molecule is COc1ccc2ccccc2c1C(C)OC. The van der Waals surface area contributed by atoms with Crippen molar-refractivity contribution in [2.75, 3.05) is 14.2 Å². The van der Waals surface area contributed by atoms with E-state index in [1.54, 1.807) is 14.2 Å². The summed E-state index contributed by atoms with van der Waals surface area (Å²) in [5, 5.41) is 2.40. The molecule has 1 atom stereocenters. The van der Waals surface area contributed by atoms with Gasteiger partial charge in [-0.3, -0.25) is 0 Å². The van der Waals surface area contributed by atoms with Gasteiger partial charge in [-0.1, -0.05) is 30.3 Å². The standard InChI is InChI=1S/C14H16O2/c1-10(15-2)14-12-7-5-4-6-11(12)8-9-13(14)16-3/h4-10H,1-3H3. The van der Waals surface area contributed by atoms with Crippen molar-refractivity contribution in [2.45, 2.75) is 13.0 Å². The zero-order valence-electron chi connectivity index (χ0n) is 9.86. The number of methoxy groups -OCH3 is 2. The molecular weight excluding hydrogens is 200 g/mol. The Morgan fingerprint density at radius 1 is 1.00 bits per heavy atom. The van der Waals surface area contributed by atoms with Gasteiger partial charge in [0.25, 0.3) is 0 Å². The summed E-state index contributed by atoms with van der Waals surface area (Å²) in [6.45, 7) is 2.03. The van der Waals surface area contributed by atoms with Crippen molar-refractivity contribution < 1.29 is 9.47 Å². The Bertz CT molecular complexity index is 491. The van der Waals surface area contributed by atoms with E-state index in [-0.39, 0.29) is 6.10 Å². The lowest BCUT2D eigenvalue weighted by Gasteiger charge is -2.17. The lowest BCUT2D eigenvalue weighted by molar-refractivity contribution is 0.118. The lowest BCUT2D eigenvalue weighted by Crippen LogP contribution is -2.00. The third kappa shape index (κ3) is 1.76. The van der Waals surface area contributed by atoms with Crippen LogP contribution in [-0.2, 0) is 4.74 Å². The second kappa shape index (κ2) is 4.54. The molecule has 2 nitrogen and oxygen atoms in total. The van der Waals surface area contributed by atoms with Crippen molar-refractivity contribution in [1.82, 2.24) is 0 Å². The first kappa shape index (κ1) is 11.0. The van der Waals surface area contributed by atoms with E-state index in [1.165, 1.54) is 10.8 Å². The molecule has 2 heteroatoms. The molecule has 0 spiro atoms. The van der Waals surface area contributed by atoms with E-state index in [1.807, 2.05) is 25.1 Å². The fourth-order valence-electron chi connectivity index (χ4n) is 1.99. The van der Waals surface area contributed by atoms with Crippen LogP contribution in [0.2, 0.25) is 0 Å². The highest BCUT2D eigenvalue weighted by Crippen LogP contribution is 2.34. The molecule has 84 valence electrons. The number of hydrogen-bond acceptors (Lipinski definition) is 2. The Morgan fingerprint density at radius 2 is 1.75 bits per heavy atom. The number of hydrogen-bond donors (Lipinski definition) is 0. The van der Waals surface area contributed by atoms with Gasteiger partial charge in [-0.05, 0) is 23.8 Å². The largest absolute Gasteiger partial charge is 0.496 e. The third-order valence-electron chi connectivity index (χ3n) is 2.91. The van der Waals surface area contributed by atoms with Crippen LogP contribution in [-0.4, -0.2) is 14.2 Å². The molecule has 2 aromatic carbocycles. The molecule has 0 aromatic heterocycles. The van der Waals surface area contributed by atoms with E-state index in [0.717, 1.165) is 11.3 Å². The van der Waals surface area contributed by atoms with Crippen molar-refractivity contribution in [1.29, 1.82) is 0 Å². The molecular formula is C14H16O2. The first-order chi connectivity index (χ1) is 7.77. The number of rotatable bonds is 3. The zero-order chi connectivity index (χ0) is 11.5. The van der Waals surface area contributed by atoms with Crippen LogP contribution >= 0.6 is 0 Å². The smallest absolute Gasteiger partial charge is 0.125 e. The first-order valence-electron chi connectivity index (χ1n) is 5.36. The summed E-state index contributed by atoms with van der Waals surface area (Å²) in [7, 11) is 3.40. The second-order valence-corrected chi connectivity index (χ2v) is 3.78. The highest BCUT2D eigenvalue weighted by Gasteiger charge is 2.14. The number of fused-ring (bicyclic) bond motifs is 1. The van der Waals surface area contributed by atoms with Crippen molar-refractivity contribution >= 4 is 10.8 Å². The summed E-state index contributed by atoms with van der Waals surface area (Å²) in [6.07, 6.45) is 0.0287. The zero-order valence-corrected chi connectivity index (χ0v) is 9.86. The molecule has 0 heterocycles. The summed E-state index contributed by atoms with van der Waals surface area (Å²) in [5.41, 5.74) is 1.11. The molecule has 0 bridgehead atoms. The van der Waals surface area contributed by atoms with Crippen LogP contribution in [0.4, 0.5) is 0 Å². The van der Waals surface area contributed by atoms with Crippen molar-refractivity contribution in [2.24, 2.45) is 0 Å². The van der Waals surface area contributed by atoms with Gasteiger partial charge in [-0.15, -0.1) is 0 Å². The molecule has 0 radical (unpaired) electrons. The van der Waals surface area contributed by atoms with Gasteiger partial charge in [0.05, 0.1) is 13.2 Å². The molecule has 2 rings (SSSR count). The highest BCUT2D eigenvalue weighted by molar-refractivity contribution is 5.88. The predicted octanol–water partition coefficient (Wildman–Crippen LogP) is 3.56. The Balaban J connectivity index is 2.72. The summed E-state index contributed by atoms with van der Waals surface area (Å²) in [5.74, 6) is 0.882. The Labute approximate surface area is 95.8 Å². The van der Waals surface area contributed by atoms with E-state index >= 15 is 0 Å². The van der Waals surface area contributed by atoms with Gasteiger partial charge < -0.3 is 9.47 Å². The molecule has 1 unspecified atom stereocenters. The minimum Gasteiger partial charge on any atom is -0.496 e. The summed E-state index contributed by atoms with van der Waals surface area (Å²) >= 11 is 0. The molecule has 0 aliphatic carbocycles. The Kier molecular flexibility index (Phi) is 3.11. The van der Waals surface area contributed by atoms with Gasteiger partial charge in [0, 0.05) is 12.7 Å². The summed E-state index contributed by atoms with van der Waals surface area (Å²) in [6, 6.07) is 12.3. The van der Waals surface area contributed by atoms with Gasteiger partial charge in [-0.2, -0.15) is 0 Å². The fraction of sp³-hybridized carbons (Fsp3) is 0.286. The van der Waals surface area contributed by atoms with Crippen LogP contribution in [0, 0.1) is 0 Å². The molecule has 16 heavy (non-hydrogen) atoms. The van der Waals surface area contributed by atoms with Crippen molar-refractivity contribution in [3.8, 4) is 5.75 Å². The molecule has 0 aliphatic rings. The predicted molar refractivity (Wildman–Crippen MR) is 65.9 cm³/mol. The lowest BCUT2D eigenvalue weighted by atomic mass is 10.00. The van der Waals surface area contributed by atoms with Crippen LogP contribution in [0.3, 0.4) is 0 Å². The first-order valence-corrected chi connectivity index (χ1v) is 5.36. The van der Waals surface area contributed by atoms with Crippen LogP contribution < -0.4 is 4.74 Å². The number of ether oxygens (including phenoxy) is 2. The molecule has 0 amide bonds. The summed E-state index contributed by atoms with van der Waals surface area (Å²) < 4.78 is 10.8. The van der Waals surface area contributed by atoms with Gasteiger partial charge in [0.15, 0.2) is 0 Å². The molecule has 2 aromatic rings. The molecule has 0 aliphatic heterocycles. The Hall–Kier alpha value is -1.54. The van der Waals surface area contributed by atoms with Gasteiger partial charge in [-0.25, -0.2) is 0 Å². The van der Waals surface area contributed by atoms with E-state index in [9.17, 15) is 0 Å². The topological polar surface area (TPSA) is 18.5 Å². The average molecular weight is 216 g/mol. The molecule has 0 N–H and O–H groups in total. The van der Waals surface area contributed by atoms with E-state index in [0.29, 0.717) is 0 Å². The maximum atomic E-state index is 5.41. The van der Waals surface area contributed by atoms with E-state index < -0.39 is 0 Å². The van der Waals surface area contributed by atoms with Crippen LogP contribution in [0.25, 0.3) is 10.8 Å². The third-order valence-corrected chi connectivity index (χ3v) is 2.91. The molecule has 0 saturated carbocycles. The maximum absolute atomic E-state index is 5.41. The minimum atomic E-state index is 0.0287. The monoisotopic (exact) mass is 216 g/mol. The van der Waals surface area contributed by atoms with Crippen molar-refractivity contribution in [3.05, 3.63) is 42.0 Å². The molecule has 0 saturated heterocycles. The normalized spacial score (nSPS) is 12.7. The minimum absolute atomic E-state index is 0.0287.